The number of imidazole rings is 1. The molecule has 0 aliphatic carbocycles. The zero-order valence-corrected chi connectivity index (χ0v) is 14.0. The van der Waals surface area contributed by atoms with Gasteiger partial charge in [0.1, 0.15) is 11.2 Å². The van der Waals surface area contributed by atoms with Crippen molar-refractivity contribution in [3.8, 4) is 17.4 Å². The van der Waals surface area contributed by atoms with E-state index < -0.39 is 18.2 Å². The van der Waals surface area contributed by atoms with E-state index in [1.54, 1.807) is 6.07 Å². The molecule has 0 amide bonds. The highest BCUT2D eigenvalue weighted by molar-refractivity contribution is 7.99. The number of pyridine rings is 1. The molecule has 0 atom stereocenters. The Morgan fingerprint density at radius 3 is 2.58 bits per heavy atom. The number of hydrogen-bond donors (Lipinski definition) is 0. The lowest BCUT2D eigenvalue weighted by Crippen LogP contribution is -2.42. The van der Waals surface area contributed by atoms with E-state index >= 15 is 0 Å². The summed E-state index contributed by atoms with van der Waals surface area (Å²) in [5.41, 5.74) is 0.337. The van der Waals surface area contributed by atoms with Crippen molar-refractivity contribution in [1.82, 2.24) is 19.4 Å². The van der Waals surface area contributed by atoms with E-state index in [0.717, 1.165) is 23.0 Å². The molecule has 0 radical (unpaired) electrons. The van der Waals surface area contributed by atoms with E-state index in [-0.39, 0.29) is 11.3 Å². The molecule has 0 spiro atoms. The summed E-state index contributed by atoms with van der Waals surface area (Å²) in [4.78, 5) is 12.6. The fourth-order valence-corrected chi connectivity index (χ4v) is 2.93. The number of halogens is 5. The lowest BCUT2D eigenvalue weighted by atomic mass is 10.3. The Hall–Kier alpha value is -2.43. The van der Waals surface area contributed by atoms with Gasteiger partial charge in [-0.3, -0.25) is 9.38 Å². The van der Waals surface area contributed by atoms with Crippen molar-refractivity contribution in [3.05, 3.63) is 36.9 Å². The number of aromatic nitrogens is 4. The van der Waals surface area contributed by atoms with Gasteiger partial charge in [0.2, 0.25) is 5.88 Å². The molecule has 0 bridgehead atoms. The van der Waals surface area contributed by atoms with E-state index in [1.807, 2.05) is 13.0 Å². The predicted octanol–water partition coefficient (Wildman–Crippen LogP) is 4.44. The summed E-state index contributed by atoms with van der Waals surface area (Å²) in [7, 11) is 0. The summed E-state index contributed by atoms with van der Waals surface area (Å²) in [6.45, 7) is 1.94. The van der Waals surface area contributed by atoms with Crippen LogP contribution in [0.25, 0.3) is 17.0 Å². The number of rotatable bonds is 5. The minimum Gasteiger partial charge on any atom is -0.405 e. The van der Waals surface area contributed by atoms with Crippen LogP contribution in [-0.2, 0) is 0 Å². The molecule has 0 saturated carbocycles. The zero-order chi connectivity index (χ0) is 18.9. The Bertz CT molecular complexity index is 928. The molecule has 138 valence electrons. The molecule has 0 N–H and O–H groups in total. The third-order valence-corrected chi connectivity index (χ3v) is 4.19. The first-order valence-electron chi connectivity index (χ1n) is 7.28. The van der Waals surface area contributed by atoms with Crippen LogP contribution in [-0.4, -0.2) is 37.4 Å². The van der Waals surface area contributed by atoms with Gasteiger partial charge in [0.25, 0.3) is 0 Å². The molecule has 26 heavy (non-hydrogen) atoms. The fraction of sp³-hybridized carbons (Fsp3) is 0.267. The van der Waals surface area contributed by atoms with Gasteiger partial charge < -0.3 is 4.74 Å². The summed E-state index contributed by atoms with van der Waals surface area (Å²) >= 11 is 1.49. The predicted molar refractivity (Wildman–Crippen MR) is 84.2 cm³/mol. The number of nitrogens with zero attached hydrogens (tertiary/aromatic N) is 4. The van der Waals surface area contributed by atoms with Crippen LogP contribution in [0.15, 0.2) is 41.8 Å². The van der Waals surface area contributed by atoms with Gasteiger partial charge in [-0.25, -0.2) is 9.97 Å². The molecule has 11 heteroatoms. The van der Waals surface area contributed by atoms with Gasteiger partial charge in [-0.05, 0) is 17.9 Å². The molecule has 3 aromatic heterocycles. The minimum atomic E-state index is -5.86. The van der Waals surface area contributed by atoms with E-state index in [1.165, 1.54) is 28.6 Å². The quantitative estimate of drug-likeness (QED) is 0.476. The molecule has 0 aromatic carbocycles. The topological polar surface area (TPSA) is 52.3 Å². The van der Waals surface area contributed by atoms with Gasteiger partial charge >= 0.3 is 12.3 Å². The number of thioether (sulfide) groups is 1. The highest BCUT2D eigenvalue weighted by atomic mass is 32.2. The second-order valence-electron chi connectivity index (χ2n) is 4.97. The second kappa shape index (κ2) is 6.71. The van der Waals surface area contributed by atoms with Gasteiger partial charge in [-0.1, -0.05) is 6.92 Å². The average molecular weight is 390 g/mol. The van der Waals surface area contributed by atoms with Gasteiger partial charge in [0, 0.05) is 23.5 Å². The maximum atomic E-state index is 13.2. The normalized spacial score (nSPS) is 12.5. The van der Waals surface area contributed by atoms with Crippen LogP contribution in [0, 0.1) is 0 Å². The summed E-state index contributed by atoms with van der Waals surface area (Å²) in [6, 6.07) is 3.55. The van der Waals surface area contributed by atoms with E-state index in [4.69, 9.17) is 0 Å². The van der Waals surface area contributed by atoms with Crippen LogP contribution in [0.2, 0.25) is 0 Å². The molecule has 0 unspecified atom stereocenters. The number of hydrogen-bond acceptors (Lipinski definition) is 5. The minimum absolute atomic E-state index is 0.135. The molecule has 0 fully saturated rings. The zero-order valence-electron chi connectivity index (χ0n) is 13.2. The fourth-order valence-electron chi connectivity index (χ4n) is 2.17. The van der Waals surface area contributed by atoms with Crippen molar-refractivity contribution >= 4 is 17.3 Å². The Morgan fingerprint density at radius 2 is 1.88 bits per heavy atom. The van der Waals surface area contributed by atoms with Crippen molar-refractivity contribution < 1.29 is 26.7 Å². The summed E-state index contributed by atoms with van der Waals surface area (Å²) in [5, 5.41) is 0. The second-order valence-corrected chi connectivity index (χ2v) is 6.28. The first kappa shape index (κ1) is 18.4. The molecule has 3 heterocycles. The third kappa shape index (κ3) is 3.30. The SMILES string of the molecule is CCSc1cccnc1-c1ncc2c(OC(F)(F)C(F)(F)F)nccn12. The van der Waals surface area contributed by atoms with Crippen LogP contribution in [0.3, 0.4) is 0 Å². The van der Waals surface area contributed by atoms with Crippen molar-refractivity contribution in [2.45, 2.75) is 24.1 Å². The van der Waals surface area contributed by atoms with Crippen molar-refractivity contribution in [1.29, 1.82) is 0 Å². The molecule has 5 nitrogen and oxygen atoms in total. The molecule has 0 saturated heterocycles. The first-order chi connectivity index (χ1) is 12.2. The standard InChI is InChI=1S/C15H11F5N4OS/c1-2-26-10-4-3-5-21-11(10)12-23-8-9-13(22-6-7-24(9)12)25-15(19,20)14(16,17)18/h3-8H,2H2,1H3. The van der Waals surface area contributed by atoms with Crippen molar-refractivity contribution in [3.63, 3.8) is 0 Å². The first-order valence-corrected chi connectivity index (χ1v) is 8.27. The van der Waals surface area contributed by atoms with Crippen LogP contribution in [0.4, 0.5) is 22.0 Å². The molecular formula is C15H11F5N4OS. The molecule has 0 aliphatic rings. The van der Waals surface area contributed by atoms with Crippen LogP contribution >= 0.6 is 11.8 Å². The summed E-state index contributed by atoms with van der Waals surface area (Å²) in [5.74, 6) is 0.156. The summed E-state index contributed by atoms with van der Waals surface area (Å²) in [6.07, 6.45) is -6.16. The van der Waals surface area contributed by atoms with E-state index in [2.05, 4.69) is 19.7 Å². The molecular weight excluding hydrogens is 379 g/mol. The van der Waals surface area contributed by atoms with E-state index in [0.29, 0.717) is 5.69 Å². The van der Waals surface area contributed by atoms with E-state index in [9.17, 15) is 22.0 Å². The van der Waals surface area contributed by atoms with Crippen molar-refractivity contribution in [2.24, 2.45) is 0 Å². The van der Waals surface area contributed by atoms with Gasteiger partial charge in [0.15, 0.2) is 5.82 Å². The smallest absolute Gasteiger partial charge is 0.405 e. The van der Waals surface area contributed by atoms with Crippen LogP contribution in [0.1, 0.15) is 6.92 Å². The maximum Gasteiger partial charge on any atom is 0.500 e. The molecule has 0 aliphatic heterocycles. The monoisotopic (exact) mass is 390 g/mol. The Balaban J connectivity index is 2.08. The largest absolute Gasteiger partial charge is 0.500 e. The third-order valence-electron chi connectivity index (χ3n) is 3.26. The highest BCUT2D eigenvalue weighted by Gasteiger charge is 2.61. The molecule has 3 rings (SSSR count). The number of fused-ring (bicyclic) bond motifs is 1. The Kier molecular flexibility index (Phi) is 4.74. The highest BCUT2D eigenvalue weighted by Crippen LogP contribution is 2.38. The summed E-state index contributed by atoms with van der Waals surface area (Å²) < 4.78 is 68.7. The number of alkyl halides is 5. The maximum absolute atomic E-state index is 13.2. The lowest BCUT2D eigenvalue weighted by molar-refractivity contribution is -0.361. The van der Waals surface area contributed by atoms with Crippen LogP contribution < -0.4 is 4.74 Å². The van der Waals surface area contributed by atoms with Crippen molar-refractivity contribution in [2.75, 3.05) is 5.75 Å². The van der Waals surface area contributed by atoms with Crippen LogP contribution in [0.5, 0.6) is 5.88 Å². The Labute approximate surface area is 148 Å². The average Bonchev–Trinajstić information content (AvgIpc) is 2.99. The van der Waals surface area contributed by atoms with Gasteiger partial charge in [-0.15, -0.1) is 11.8 Å². The Morgan fingerprint density at radius 1 is 1.12 bits per heavy atom. The van der Waals surface area contributed by atoms with Gasteiger partial charge in [0.05, 0.1) is 6.20 Å². The van der Waals surface area contributed by atoms with Gasteiger partial charge in [-0.2, -0.15) is 22.0 Å². The lowest BCUT2D eigenvalue weighted by Gasteiger charge is -2.19. The molecule has 3 aromatic rings. The number of ether oxygens (including phenoxy) is 1.